The van der Waals surface area contributed by atoms with Gasteiger partial charge in [-0.2, -0.15) is 0 Å². The highest BCUT2D eigenvalue weighted by Gasteiger charge is 2.33. The Hall–Kier alpha value is -0.630. The third kappa shape index (κ3) is 1.44. The van der Waals surface area contributed by atoms with Gasteiger partial charge >= 0.3 is 0 Å². The maximum absolute atomic E-state index is 3.61. The van der Waals surface area contributed by atoms with E-state index in [0.717, 1.165) is 0 Å². The molecule has 0 amide bonds. The number of nitrogens with one attached hydrogen (secondary N) is 1. The highest BCUT2D eigenvalue weighted by atomic mass is 32.2. The van der Waals surface area contributed by atoms with Crippen molar-refractivity contribution in [3.8, 4) is 0 Å². The number of thioether (sulfide) groups is 1. The molecule has 0 saturated carbocycles. The van der Waals surface area contributed by atoms with Crippen molar-refractivity contribution in [2.75, 3.05) is 5.32 Å². The van der Waals surface area contributed by atoms with Gasteiger partial charge in [0.15, 0.2) is 0 Å². The summed E-state index contributed by atoms with van der Waals surface area (Å²) in [6.07, 6.45) is 2.34. The summed E-state index contributed by atoms with van der Waals surface area (Å²) in [5.41, 5.74) is 1.30. The lowest BCUT2D eigenvalue weighted by atomic mass is 10.1. The number of fused-ring (bicyclic) bond motifs is 1. The summed E-state index contributed by atoms with van der Waals surface area (Å²) in [4.78, 5) is 1.65. The van der Waals surface area contributed by atoms with Crippen molar-refractivity contribution in [3.63, 3.8) is 0 Å². The zero-order valence-electron chi connectivity index (χ0n) is 8.13. The molecule has 70 valence electrons. The van der Waals surface area contributed by atoms with Crippen LogP contribution in [0.4, 0.5) is 5.69 Å². The van der Waals surface area contributed by atoms with Crippen LogP contribution >= 0.6 is 11.8 Å². The fraction of sp³-hybridized carbons (Fsp3) is 0.455. The highest BCUT2D eigenvalue weighted by molar-refractivity contribution is 8.01. The lowest BCUT2D eigenvalue weighted by Crippen LogP contribution is -2.28. The Morgan fingerprint density at radius 2 is 1.92 bits per heavy atom. The van der Waals surface area contributed by atoms with Gasteiger partial charge in [0, 0.05) is 10.6 Å². The van der Waals surface area contributed by atoms with Gasteiger partial charge in [-0.25, -0.2) is 0 Å². The number of para-hydroxylation sites is 1. The molecule has 2 rings (SSSR count). The van der Waals surface area contributed by atoms with E-state index in [4.69, 9.17) is 0 Å². The maximum atomic E-state index is 3.61. The van der Waals surface area contributed by atoms with E-state index in [9.17, 15) is 0 Å². The van der Waals surface area contributed by atoms with Crippen LogP contribution in [0.1, 0.15) is 26.7 Å². The predicted molar refractivity (Wildman–Crippen MR) is 59.2 cm³/mol. The average molecular weight is 193 g/mol. The Bertz CT molecular complexity index is 278. The van der Waals surface area contributed by atoms with E-state index in [1.807, 2.05) is 11.8 Å². The lowest BCUT2D eigenvalue weighted by Gasteiger charge is -2.25. The van der Waals surface area contributed by atoms with E-state index in [1.165, 1.54) is 23.4 Å². The first kappa shape index (κ1) is 8.95. The zero-order chi connectivity index (χ0) is 9.31. The molecule has 13 heavy (non-hydrogen) atoms. The molecule has 0 radical (unpaired) electrons. The standard InChI is InChI=1S/C11H15NS/c1-3-11(4-2)12-9-7-5-6-8-10(9)13-11/h5-8,12H,3-4H2,1-2H3. The van der Waals surface area contributed by atoms with Crippen LogP contribution in [-0.4, -0.2) is 4.87 Å². The third-order valence-corrected chi connectivity index (χ3v) is 4.34. The second-order valence-corrected chi connectivity index (χ2v) is 4.85. The van der Waals surface area contributed by atoms with E-state index in [0.29, 0.717) is 0 Å². The van der Waals surface area contributed by atoms with Gasteiger partial charge < -0.3 is 5.32 Å². The van der Waals surface area contributed by atoms with Gasteiger partial charge in [0.05, 0.1) is 4.87 Å². The summed E-state index contributed by atoms with van der Waals surface area (Å²) >= 11 is 1.97. The molecule has 0 spiro atoms. The molecule has 1 heterocycles. The summed E-state index contributed by atoms with van der Waals surface area (Å²) in [6.45, 7) is 4.49. The van der Waals surface area contributed by atoms with Crippen molar-refractivity contribution in [2.45, 2.75) is 36.5 Å². The quantitative estimate of drug-likeness (QED) is 0.768. The van der Waals surface area contributed by atoms with Crippen LogP contribution in [0, 0.1) is 0 Å². The predicted octanol–water partition coefficient (Wildman–Crippen LogP) is 3.72. The molecular formula is C11H15NS. The minimum atomic E-state index is 0.254. The molecular weight excluding hydrogens is 178 g/mol. The molecule has 1 aliphatic heterocycles. The Morgan fingerprint density at radius 3 is 2.54 bits per heavy atom. The molecule has 0 aromatic heterocycles. The molecule has 1 aliphatic rings. The SMILES string of the molecule is CCC1(CC)Nc2ccccc2S1. The number of anilines is 1. The van der Waals surface area contributed by atoms with Crippen molar-refractivity contribution >= 4 is 17.4 Å². The topological polar surface area (TPSA) is 12.0 Å². The average Bonchev–Trinajstić information content (AvgIpc) is 2.57. The normalized spacial score (nSPS) is 18.0. The first-order chi connectivity index (χ1) is 6.29. The summed E-state index contributed by atoms with van der Waals surface area (Å²) < 4.78 is 0. The number of rotatable bonds is 2. The second-order valence-electron chi connectivity index (χ2n) is 3.42. The van der Waals surface area contributed by atoms with E-state index >= 15 is 0 Å². The van der Waals surface area contributed by atoms with Crippen LogP contribution in [0.15, 0.2) is 29.2 Å². The molecule has 0 bridgehead atoms. The molecule has 0 fully saturated rings. The summed E-state index contributed by atoms with van der Waals surface area (Å²) in [7, 11) is 0. The molecule has 0 atom stereocenters. The number of hydrogen-bond donors (Lipinski definition) is 1. The Kier molecular flexibility index (Phi) is 2.24. The van der Waals surface area contributed by atoms with Crippen LogP contribution in [0.25, 0.3) is 0 Å². The van der Waals surface area contributed by atoms with Gasteiger partial charge in [-0.15, -0.1) is 0 Å². The fourth-order valence-electron chi connectivity index (χ4n) is 1.71. The third-order valence-electron chi connectivity index (χ3n) is 2.70. The molecule has 1 N–H and O–H groups in total. The van der Waals surface area contributed by atoms with Gasteiger partial charge in [0.25, 0.3) is 0 Å². The van der Waals surface area contributed by atoms with Gasteiger partial charge in [-0.3, -0.25) is 0 Å². The largest absolute Gasteiger partial charge is 0.370 e. The summed E-state index contributed by atoms with van der Waals surface area (Å²) in [6, 6.07) is 8.55. The summed E-state index contributed by atoms with van der Waals surface area (Å²) in [5.74, 6) is 0. The smallest absolute Gasteiger partial charge is 0.0875 e. The van der Waals surface area contributed by atoms with Crippen molar-refractivity contribution < 1.29 is 0 Å². The minimum absolute atomic E-state index is 0.254. The van der Waals surface area contributed by atoms with E-state index in [-0.39, 0.29) is 4.87 Å². The second kappa shape index (κ2) is 3.26. The van der Waals surface area contributed by atoms with Crippen molar-refractivity contribution in [3.05, 3.63) is 24.3 Å². The molecule has 1 aromatic carbocycles. The molecule has 2 heteroatoms. The Labute approximate surface area is 83.9 Å². The van der Waals surface area contributed by atoms with Gasteiger partial charge in [0.1, 0.15) is 0 Å². The maximum Gasteiger partial charge on any atom is 0.0875 e. The first-order valence-electron chi connectivity index (χ1n) is 4.86. The van der Waals surface area contributed by atoms with E-state index < -0.39 is 0 Å². The van der Waals surface area contributed by atoms with Crippen LogP contribution in [0.5, 0.6) is 0 Å². The molecule has 1 nitrogen and oxygen atoms in total. The number of hydrogen-bond acceptors (Lipinski definition) is 2. The molecule has 0 unspecified atom stereocenters. The zero-order valence-corrected chi connectivity index (χ0v) is 8.95. The van der Waals surface area contributed by atoms with Crippen molar-refractivity contribution in [1.29, 1.82) is 0 Å². The van der Waals surface area contributed by atoms with E-state index in [2.05, 4.69) is 43.4 Å². The van der Waals surface area contributed by atoms with Crippen LogP contribution < -0.4 is 5.32 Å². The molecule has 1 aromatic rings. The first-order valence-corrected chi connectivity index (χ1v) is 5.67. The van der Waals surface area contributed by atoms with Gasteiger partial charge in [0.2, 0.25) is 0 Å². The van der Waals surface area contributed by atoms with Crippen molar-refractivity contribution in [2.24, 2.45) is 0 Å². The fourth-order valence-corrected chi connectivity index (χ4v) is 2.96. The Balaban J connectivity index is 2.30. The van der Waals surface area contributed by atoms with Gasteiger partial charge in [-0.05, 0) is 25.0 Å². The number of benzene rings is 1. The van der Waals surface area contributed by atoms with Crippen LogP contribution in [0.2, 0.25) is 0 Å². The van der Waals surface area contributed by atoms with Crippen molar-refractivity contribution in [1.82, 2.24) is 0 Å². The van der Waals surface area contributed by atoms with E-state index in [1.54, 1.807) is 0 Å². The van der Waals surface area contributed by atoms with Crippen LogP contribution in [0.3, 0.4) is 0 Å². The molecule has 0 aliphatic carbocycles. The summed E-state index contributed by atoms with van der Waals surface area (Å²) in [5, 5.41) is 3.61. The lowest BCUT2D eigenvalue weighted by molar-refractivity contribution is 0.622. The molecule has 0 saturated heterocycles. The Morgan fingerprint density at radius 1 is 1.23 bits per heavy atom. The highest BCUT2D eigenvalue weighted by Crippen LogP contribution is 2.48. The minimum Gasteiger partial charge on any atom is -0.370 e. The monoisotopic (exact) mass is 193 g/mol. The van der Waals surface area contributed by atoms with Crippen LogP contribution in [-0.2, 0) is 0 Å². The van der Waals surface area contributed by atoms with Gasteiger partial charge in [-0.1, -0.05) is 37.7 Å².